The van der Waals surface area contributed by atoms with Crippen LogP contribution in [0.4, 0.5) is 11.4 Å². The van der Waals surface area contributed by atoms with Gasteiger partial charge in [0.15, 0.2) is 0 Å². The van der Waals surface area contributed by atoms with E-state index in [4.69, 9.17) is 4.74 Å². The Morgan fingerprint density at radius 1 is 1.28 bits per heavy atom. The van der Waals surface area contributed by atoms with Gasteiger partial charge in [-0.2, -0.15) is 0 Å². The average molecular weight is 350 g/mol. The fourth-order valence-corrected chi connectivity index (χ4v) is 2.47. The van der Waals surface area contributed by atoms with E-state index in [0.717, 1.165) is 12.1 Å². The Balaban J connectivity index is 2.13. The first-order valence-corrected chi connectivity index (χ1v) is 8.19. The normalized spacial score (nSPS) is 14.0. The van der Waals surface area contributed by atoms with Gasteiger partial charge in [-0.1, -0.05) is 6.92 Å². The second-order valence-electron chi connectivity index (χ2n) is 5.59. The van der Waals surface area contributed by atoms with Gasteiger partial charge in [0.2, 0.25) is 5.91 Å². The fourth-order valence-electron chi connectivity index (χ4n) is 2.47. The van der Waals surface area contributed by atoms with Crippen LogP contribution in [0.1, 0.15) is 23.7 Å². The van der Waals surface area contributed by atoms with Crippen LogP contribution in [0.3, 0.4) is 0 Å². The van der Waals surface area contributed by atoms with Crippen LogP contribution in [-0.2, 0) is 9.53 Å². The van der Waals surface area contributed by atoms with Gasteiger partial charge in [0, 0.05) is 31.4 Å². The number of nitrogens with zero attached hydrogens (tertiary/aromatic N) is 2. The molecule has 0 radical (unpaired) electrons. The number of morpholine rings is 1. The van der Waals surface area contributed by atoms with Crippen molar-refractivity contribution in [2.24, 2.45) is 0 Å². The molecule has 136 valence electrons. The smallest absolute Gasteiger partial charge is 0.282 e. The van der Waals surface area contributed by atoms with E-state index >= 15 is 0 Å². The molecule has 0 aliphatic carbocycles. The molecular formula is C16H22N4O5. The van der Waals surface area contributed by atoms with Crippen LogP contribution in [0.25, 0.3) is 0 Å². The molecule has 0 unspecified atom stereocenters. The maximum Gasteiger partial charge on any atom is 0.282 e. The molecule has 2 N–H and O–H groups in total. The number of amides is 2. The van der Waals surface area contributed by atoms with Crippen LogP contribution in [-0.4, -0.2) is 56.1 Å². The van der Waals surface area contributed by atoms with Crippen molar-refractivity contribution in [3.8, 4) is 0 Å². The zero-order valence-corrected chi connectivity index (χ0v) is 14.1. The number of hydrogen-bond acceptors (Lipinski definition) is 6. The average Bonchev–Trinajstić information content (AvgIpc) is 2.64. The van der Waals surface area contributed by atoms with Gasteiger partial charge in [0.1, 0.15) is 5.56 Å². The van der Waals surface area contributed by atoms with Gasteiger partial charge < -0.3 is 20.3 Å². The lowest BCUT2D eigenvalue weighted by Gasteiger charge is -2.29. The first-order valence-electron chi connectivity index (χ1n) is 8.19. The van der Waals surface area contributed by atoms with Crippen molar-refractivity contribution in [3.63, 3.8) is 0 Å². The minimum atomic E-state index is -0.645. The van der Waals surface area contributed by atoms with Crippen molar-refractivity contribution in [2.75, 3.05) is 44.3 Å². The topological polar surface area (TPSA) is 114 Å². The molecule has 9 heteroatoms. The zero-order valence-electron chi connectivity index (χ0n) is 14.1. The number of nitro benzene ring substituents is 1. The van der Waals surface area contributed by atoms with E-state index in [1.165, 1.54) is 12.1 Å². The number of ether oxygens (including phenoxy) is 1. The predicted octanol–water partition coefficient (Wildman–Crippen LogP) is 0.687. The quantitative estimate of drug-likeness (QED) is 0.552. The van der Waals surface area contributed by atoms with Crippen LogP contribution in [0.5, 0.6) is 0 Å². The predicted molar refractivity (Wildman–Crippen MR) is 91.8 cm³/mol. The van der Waals surface area contributed by atoms with Crippen molar-refractivity contribution in [1.82, 2.24) is 10.6 Å². The summed E-state index contributed by atoms with van der Waals surface area (Å²) in [4.78, 5) is 36.5. The number of carbonyl (C=O) groups is 2. The second kappa shape index (κ2) is 8.97. The highest BCUT2D eigenvalue weighted by molar-refractivity contribution is 6.00. The number of benzene rings is 1. The monoisotopic (exact) mass is 350 g/mol. The molecule has 1 aromatic carbocycles. The van der Waals surface area contributed by atoms with Gasteiger partial charge in [0.25, 0.3) is 11.6 Å². The van der Waals surface area contributed by atoms with Crippen LogP contribution >= 0.6 is 0 Å². The molecule has 1 saturated heterocycles. The number of anilines is 1. The van der Waals surface area contributed by atoms with Gasteiger partial charge in [-0.25, -0.2) is 0 Å². The summed E-state index contributed by atoms with van der Waals surface area (Å²) in [6.45, 7) is 4.64. The molecule has 0 atom stereocenters. The zero-order chi connectivity index (χ0) is 18.2. The van der Waals surface area contributed by atoms with E-state index in [2.05, 4.69) is 10.6 Å². The molecule has 1 heterocycles. The highest BCUT2D eigenvalue weighted by Crippen LogP contribution is 2.25. The third-order valence-electron chi connectivity index (χ3n) is 3.78. The molecule has 2 rings (SSSR count). The Bertz CT molecular complexity index is 643. The molecule has 1 fully saturated rings. The van der Waals surface area contributed by atoms with E-state index in [-0.39, 0.29) is 23.7 Å². The van der Waals surface area contributed by atoms with E-state index in [9.17, 15) is 19.7 Å². The first-order chi connectivity index (χ1) is 12.0. The molecule has 0 spiro atoms. The highest BCUT2D eigenvalue weighted by Gasteiger charge is 2.23. The lowest BCUT2D eigenvalue weighted by molar-refractivity contribution is -0.385. The molecule has 2 amide bonds. The largest absolute Gasteiger partial charge is 0.378 e. The molecule has 0 aromatic heterocycles. The van der Waals surface area contributed by atoms with Gasteiger partial charge in [-0.05, 0) is 18.6 Å². The van der Waals surface area contributed by atoms with Crippen molar-refractivity contribution >= 4 is 23.2 Å². The Morgan fingerprint density at radius 2 is 2.00 bits per heavy atom. The standard InChI is InChI=1S/C16H22N4O5/c1-2-5-17-15(21)11-18-16(22)13-10-12(3-4-14(13)20(23)24)19-6-8-25-9-7-19/h3-4,10H,2,5-9,11H2,1H3,(H,17,21)(H,18,22). The summed E-state index contributed by atoms with van der Waals surface area (Å²) in [5, 5.41) is 16.3. The van der Waals surface area contributed by atoms with E-state index in [1.54, 1.807) is 6.07 Å². The number of nitrogens with one attached hydrogen (secondary N) is 2. The van der Waals surface area contributed by atoms with E-state index < -0.39 is 10.8 Å². The molecule has 1 aliphatic rings. The van der Waals surface area contributed by atoms with Crippen LogP contribution in [0.15, 0.2) is 18.2 Å². The molecule has 0 saturated carbocycles. The summed E-state index contributed by atoms with van der Waals surface area (Å²) in [6, 6.07) is 4.42. The Labute approximate surface area is 145 Å². The summed E-state index contributed by atoms with van der Waals surface area (Å²) in [5.74, 6) is -0.976. The Kier molecular flexibility index (Phi) is 6.70. The summed E-state index contributed by atoms with van der Waals surface area (Å²) in [7, 11) is 0. The molecule has 25 heavy (non-hydrogen) atoms. The van der Waals surface area contributed by atoms with Crippen molar-refractivity contribution in [3.05, 3.63) is 33.9 Å². The van der Waals surface area contributed by atoms with Gasteiger partial charge in [-0.3, -0.25) is 19.7 Å². The van der Waals surface area contributed by atoms with Crippen LogP contribution in [0.2, 0.25) is 0 Å². The van der Waals surface area contributed by atoms with E-state index in [1.807, 2.05) is 11.8 Å². The molecule has 0 bridgehead atoms. The molecule has 9 nitrogen and oxygen atoms in total. The number of hydrogen-bond donors (Lipinski definition) is 2. The van der Waals surface area contributed by atoms with Crippen molar-refractivity contribution < 1.29 is 19.2 Å². The molecule has 1 aromatic rings. The van der Waals surface area contributed by atoms with Gasteiger partial charge in [0.05, 0.1) is 24.7 Å². The van der Waals surface area contributed by atoms with Gasteiger partial charge in [-0.15, -0.1) is 0 Å². The van der Waals surface area contributed by atoms with Crippen LogP contribution in [0, 0.1) is 10.1 Å². The van der Waals surface area contributed by atoms with Crippen molar-refractivity contribution in [2.45, 2.75) is 13.3 Å². The molecule has 1 aliphatic heterocycles. The summed E-state index contributed by atoms with van der Waals surface area (Å²) < 4.78 is 5.28. The summed E-state index contributed by atoms with van der Waals surface area (Å²) in [6.07, 6.45) is 0.784. The SMILES string of the molecule is CCCNC(=O)CNC(=O)c1cc(N2CCOCC2)ccc1[N+](=O)[O-]. The summed E-state index contributed by atoms with van der Waals surface area (Å²) in [5.41, 5.74) is 0.371. The first kappa shape index (κ1) is 18.7. The van der Waals surface area contributed by atoms with Gasteiger partial charge >= 0.3 is 0 Å². The highest BCUT2D eigenvalue weighted by atomic mass is 16.6. The minimum Gasteiger partial charge on any atom is -0.378 e. The fraction of sp³-hybridized carbons (Fsp3) is 0.500. The third kappa shape index (κ3) is 5.15. The Morgan fingerprint density at radius 3 is 2.64 bits per heavy atom. The minimum absolute atomic E-state index is 0.0581. The summed E-state index contributed by atoms with van der Waals surface area (Å²) >= 11 is 0. The number of nitro groups is 1. The van der Waals surface area contributed by atoms with E-state index in [0.29, 0.717) is 32.8 Å². The Hall–Kier alpha value is -2.68. The van der Waals surface area contributed by atoms with Crippen LogP contribution < -0.4 is 15.5 Å². The lowest BCUT2D eigenvalue weighted by atomic mass is 10.1. The second-order valence-corrected chi connectivity index (χ2v) is 5.59. The maximum absolute atomic E-state index is 12.3. The third-order valence-corrected chi connectivity index (χ3v) is 3.78. The molecular weight excluding hydrogens is 328 g/mol. The number of rotatable bonds is 7. The lowest BCUT2D eigenvalue weighted by Crippen LogP contribution is -2.38. The number of carbonyl (C=O) groups excluding carboxylic acids is 2. The maximum atomic E-state index is 12.3. The van der Waals surface area contributed by atoms with Crippen molar-refractivity contribution in [1.29, 1.82) is 0 Å².